The second-order valence-corrected chi connectivity index (χ2v) is 11.8. The van der Waals surface area contributed by atoms with Gasteiger partial charge in [0.1, 0.15) is 17.3 Å². The predicted octanol–water partition coefficient (Wildman–Crippen LogP) is 7.94. The number of ketones is 4. The first-order chi connectivity index (χ1) is 17.5. The van der Waals surface area contributed by atoms with Gasteiger partial charge in [0.15, 0.2) is 5.78 Å². The second kappa shape index (κ2) is 14.7. The van der Waals surface area contributed by atoms with Gasteiger partial charge in [0.2, 0.25) is 0 Å². The Morgan fingerprint density at radius 1 is 1.03 bits per heavy atom. The van der Waals surface area contributed by atoms with Crippen LogP contribution in [0, 0.1) is 24.7 Å². The standard InChI is InChI=1S/C33H50O4/c1-8-11-12-14-27(35)19-26-20-29(21(4)5)30-17-24(18-32(37)33(30)23(26)7)16-25(13-9-2)28(10-3)31(36)15-22(6)34/h20-21,24-25,28H,8-19H2,1-7H3. The third-order valence-corrected chi connectivity index (χ3v) is 8.29. The van der Waals surface area contributed by atoms with Crippen molar-refractivity contribution in [1.82, 2.24) is 0 Å². The van der Waals surface area contributed by atoms with Gasteiger partial charge in [-0.15, -0.1) is 0 Å². The van der Waals surface area contributed by atoms with E-state index < -0.39 is 0 Å². The predicted molar refractivity (Wildman–Crippen MR) is 151 cm³/mol. The SMILES string of the molecule is CCCCCC(=O)Cc1cc(C(C)C)c2c(c1C)C(=O)CC(CC(CCC)C(CC)C(=O)CC(C)=O)C2. The first-order valence-electron chi connectivity index (χ1n) is 14.8. The molecule has 1 aliphatic rings. The Balaban J connectivity index is 2.34. The first-order valence-corrected chi connectivity index (χ1v) is 14.8. The molecule has 0 radical (unpaired) electrons. The molecule has 1 aromatic carbocycles. The molecule has 1 aliphatic carbocycles. The van der Waals surface area contributed by atoms with E-state index in [0.717, 1.165) is 73.6 Å². The monoisotopic (exact) mass is 510 g/mol. The maximum atomic E-state index is 13.6. The zero-order valence-electron chi connectivity index (χ0n) is 24.5. The van der Waals surface area contributed by atoms with Gasteiger partial charge in [0.05, 0.1) is 6.42 Å². The van der Waals surface area contributed by atoms with Gasteiger partial charge in [-0.1, -0.05) is 66.4 Å². The van der Waals surface area contributed by atoms with E-state index in [-0.39, 0.29) is 53.2 Å². The van der Waals surface area contributed by atoms with Crippen molar-refractivity contribution < 1.29 is 19.2 Å². The third kappa shape index (κ3) is 8.45. The summed E-state index contributed by atoms with van der Waals surface area (Å²) in [7, 11) is 0. The molecule has 0 N–H and O–H groups in total. The highest BCUT2D eigenvalue weighted by molar-refractivity contribution is 6.01. The van der Waals surface area contributed by atoms with E-state index in [0.29, 0.717) is 19.3 Å². The van der Waals surface area contributed by atoms with Crippen LogP contribution in [0.5, 0.6) is 0 Å². The minimum Gasteiger partial charge on any atom is -0.300 e. The van der Waals surface area contributed by atoms with Crippen molar-refractivity contribution >= 4 is 23.1 Å². The van der Waals surface area contributed by atoms with Crippen molar-refractivity contribution in [3.05, 3.63) is 33.9 Å². The zero-order valence-corrected chi connectivity index (χ0v) is 24.5. The lowest BCUT2D eigenvalue weighted by molar-refractivity contribution is -0.130. The van der Waals surface area contributed by atoms with Crippen LogP contribution in [-0.4, -0.2) is 23.1 Å². The average molecular weight is 511 g/mol. The Labute approximate surface area is 225 Å². The summed E-state index contributed by atoms with van der Waals surface area (Å²) in [6.45, 7) is 14.2. The smallest absolute Gasteiger partial charge is 0.163 e. The van der Waals surface area contributed by atoms with Gasteiger partial charge < -0.3 is 0 Å². The molecule has 0 bridgehead atoms. The van der Waals surface area contributed by atoms with Crippen LogP contribution in [0.25, 0.3) is 0 Å². The minimum absolute atomic E-state index is 0.0157. The number of hydrogen-bond donors (Lipinski definition) is 0. The number of Topliss-reactive ketones (excluding diaryl/α,β-unsaturated/α-hetero) is 4. The van der Waals surface area contributed by atoms with Gasteiger partial charge in [-0.05, 0) is 79.5 Å². The first kappa shape index (κ1) is 31.1. The molecule has 3 atom stereocenters. The number of carbonyl (C=O) groups excluding carboxylic acids is 4. The molecule has 4 nitrogen and oxygen atoms in total. The highest BCUT2D eigenvalue weighted by Gasteiger charge is 2.34. The molecule has 0 saturated carbocycles. The van der Waals surface area contributed by atoms with Gasteiger partial charge in [-0.25, -0.2) is 0 Å². The molecule has 0 aliphatic heterocycles. The van der Waals surface area contributed by atoms with E-state index >= 15 is 0 Å². The van der Waals surface area contributed by atoms with Crippen molar-refractivity contribution in [2.75, 3.05) is 0 Å². The van der Waals surface area contributed by atoms with E-state index in [1.54, 1.807) is 0 Å². The number of hydrogen-bond acceptors (Lipinski definition) is 4. The lowest BCUT2D eigenvalue weighted by Gasteiger charge is -2.33. The molecule has 0 saturated heterocycles. The summed E-state index contributed by atoms with van der Waals surface area (Å²) < 4.78 is 0. The van der Waals surface area contributed by atoms with Gasteiger partial charge in [0, 0.05) is 30.7 Å². The molecule has 0 spiro atoms. The Kier molecular flexibility index (Phi) is 12.4. The topological polar surface area (TPSA) is 68.3 Å². The van der Waals surface area contributed by atoms with Gasteiger partial charge >= 0.3 is 0 Å². The van der Waals surface area contributed by atoms with E-state index in [9.17, 15) is 19.2 Å². The molecule has 1 aromatic rings. The molecule has 3 unspecified atom stereocenters. The molecule has 0 aromatic heterocycles. The molecule has 0 fully saturated rings. The van der Waals surface area contributed by atoms with Gasteiger partial charge in [0.25, 0.3) is 0 Å². The van der Waals surface area contributed by atoms with Crippen LogP contribution in [0.2, 0.25) is 0 Å². The van der Waals surface area contributed by atoms with E-state index in [1.165, 1.54) is 12.5 Å². The summed E-state index contributed by atoms with van der Waals surface area (Å²) in [4.78, 5) is 50.8. The fraction of sp³-hybridized carbons (Fsp3) is 0.697. The van der Waals surface area contributed by atoms with E-state index in [1.807, 2.05) is 13.8 Å². The lowest BCUT2D eigenvalue weighted by atomic mass is 9.70. The summed E-state index contributed by atoms with van der Waals surface area (Å²) >= 11 is 0. The van der Waals surface area contributed by atoms with Crippen molar-refractivity contribution in [1.29, 1.82) is 0 Å². The molecule has 0 amide bonds. The van der Waals surface area contributed by atoms with Crippen molar-refractivity contribution in [3.8, 4) is 0 Å². The molecule has 4 heteroatoms. The Morgan fingerprint density at radius 2 is 1.73 bits per heavy atom. The molecule has 37 heavy (non-hydrogen) atoms. The number of unbranched alkanes of at least 4 members (excludes halogenated alkanes) is 2. The molecule has 206 valence electrons. The fourth-order valence-corrected chi connectivity index (χ4v) is 6.46. The van der Waals surface area contributed by atoms with Crippen LogP contribution in [-0.2, 0) is 27.2 Å². The fourth-order valence-electron chi connectivity index (χ4n) is 6.46. The molecular weight excluding hydrogens is 460 g/mol. The van der Waals surface area contributed by atoms with Crippen LogP contribution < -0.4 is 0 Å². The number of rotatable bonds is 16. The highest BCUT2D eigenvalue weighted by Crippen LogP contribution is 2.40. The Morgan fingerprint density at radius 3 is 2.30 bits per heavy atom. The van der Waals surface area contributed by atoms with Crippen molar-refractivity contribution in [2.24, 2.45) is 17.8 Å². The maximum absolute atomic E-state index is 13.6. The highest BCUT2D eigenvalue weighted by atomic mass is 16.1. The van der Waals surface area contributed by atoms with E-state index in [2.05, 4.69) is 33.8 Å². The van der Waals surface area contributed by atoms with Gasteiger partial charge in [-0.2, -0.15) is 0 Å². The summed E-state index contributed by atoms with van der Waals surface area (Å²) in [6, 6.07) is 2.20. The van der Waals surface area contributed by atoms with E-state index in [4.69, 9.17) is 0 Å². The summed E-state index contributed by atoms with van der Waals surface area (Å²) in [6.07, 6.45) is 8.99. The molecule has 0 heterocycles. The van der Waals surface area contributed by atoms with Crippen LogP contribution in [0.4, 0.5) is 0 Å². The van der Waals surface area contributed by atoms with Crippen molar-refractivity contribution in [3.63, 3.8) is 0 Å². The van der Waals surface area contributed by atoms with Crippen LogP contribution in [0.15, 0.2) is 6.07 Å². The summed E-state index contributed by atoms with van der Waals surface area (Å²) in [5.41, 5.74) is 5.21. The minimum atomic E-state index is -0.118. The lowest BCUT2D eigenvalue weighted by Crippen LogP contribution is -2.30. The largest absolute Gasteiger partial charge is 0.300 e. The van der Waals surface area contributed by atoms with Gasteiger partial charge in [-0.3, -0.25) is 19.2 Å². The Bertz CT molecular complexity index is 971. The molecule has 2 rings (SSSR count). The second-order valence-electron chi connectivity index (χ2n) is 11.8. The average Bonchev–Trinajstić information content (AvgIpc) is 2.80. The molecular formula is C33H50O4. The van der Waals surface area contributed by atoms with Crippen LogP contribution in [0.1, 0.15) is 144 Å². The quantitative estimate of drug-likeness (QED) is 0.167. The maximum Gasteiger partial charge on any atom is 0.163 e. The third-order valence-electron chi connectivity index (χ3n) is 8.29. The Hall–Kier alpha value is -2.10. The van der Waals surface area contributed by atoms with Crippen molar-refractivity contribution in [2.45, 2.75) is 131 Å². The van der Waals surface area contributed by atoms with Crippen LogP contribution in [0.3, 0.4) is 0 Å². The summed E-state index contributed by atoms with van der Waals surface area (Å²) in [5, 5.41) is 0. The van der Waals surface area contributed by atoms with Crippen LogP contribution >= 0.6 is 0 Å². The number of fused-ring (bicyclic) bond motifs is 1. The zero-order chi connectivity index (χ0) is 27.7. The number of carbonyl (C=O) groups is 4. The number of benzene rings is 1. The normalized spacial score (nSPS) is 17.0. The summed E-state index contributed by atoms with van der Waals surface area (Å²) in [5.74, 6) is 0.980.